The molecule has 0 aliphatic rings. The van der Waals surface area contributed by atoms with Crippen molar-refractivity contribution in [3.05, 3.63) is 59.1 Å². The minimum atomic E-state index is -1.08. The number of hydrogen-bond donors (Lipinski definition) is 4. The Bertz CT molecular complexity index is 870. The first kappa shape index (κ1) is 22.4. The molecule has 0 aromatic heterocycles. The fourth-order valence-corrected chi connectivity index (χ4v) is 3.02. The van der Waals surface area contributed by atoms with Crippen LogP contribution in [0.15, 0.2) is 48.5 Å². The van der Waals surface area contributed by atoms with Crippen LogP contribution in [0.1, 0.15) is 18.9 Å². The summed E-state index contributed by atoms with van der Waals surface area (Å²) in [4.78, 5) is 34.0. The van der Waals surface area contributed by atoms with Gasteiger partial charge in [0.05, 0.1) is 19.0 Å². The first-order chi connectivity index (χ1) is 13.7. The zero-order chi connectivity index (χ0) is 21.4. The number of carboxylic acids is 2. The number of hydrogen-bond acceptors (Lipinski definition) is 4. The van der Waals surface area contributed by atoms with Gasteiger partial charge in [-0.2, -0.15) is 0 Å². The molecule has 1 amide bonds. The molecule has 2 atom stereocenters. The van der Waals surface area contributed by atoms with Gasteiger partial charge >= 0.3 is 11.9 Å². The maximum absolute atomic E-state index is 12.2. The molecule has 2 aromatic carbocycles. The zero-order valence-corrected chi connectivity index (χ0v) is 16.6. The summed E-state index contributed by atoms with van der Waals surface area (Å²) in [6.07, 6.45) is 0.0902. The molecular formula is C21H23ClN2O5. The van der Waals surface area contributed by atoms with Crippen molar-refractivity contribution in [2.45, 2.75) is 31.8 Å². The molecule has 8 heteroatoms. The van der Waals surface area contributed by atoms with Crippen LogP contribution in [-0.2, 0) is 20.8 Å². The summed E-state index contributed by atoms with van der Waals surface area (Å²) in [5.74, 6) is -2.56. The Labute approximate surface area is 173 Å². The van der Waals surface area contributed by atoms with E-state index in [1.165, 1.54) is 6.92 Å². The summed E-state index contributed by atoms with van der Waals surface area (Å²) in [5, 5.41) is 23.7. The number of nitrogens with one attached hydrogen (secondary N) is 2. The van der Waals surface area contributed by atoms with Crippen LogP contribution in [0, 0.1) is 0 Å². The van der Waals surface area contributed by atoms with E-state index < -0.39 is 29.9 Å². The van der Waals surface area contributed by atoms with Crippen molar-refractivity contribution in [1.82, 2.24) is 10.6 Å². The van der Waals surface area contributed by atoms with Gasteiger partial charge in [-0.3, -0.25) is 19.7 Å². The van der Waals surface area contributed by atoms with Gasteiger partial charge in [-0.1, -0.05) is 48.0 Å². The molecule has 2 unspecified atom stereocenters. The second-order valence-electron chi connectivity index (χ2n) is 6.71. The van der Waals surface area contributed by atoms with Crippen molar-refractivity contribution in [2.24, 2.45) is 0 Å². The van der Waals surface area contributed by atoms with Gasteiger partial charge in [-0.15, -0.1) is 0 Å². The fourth-order valence-electron chi connectivity index (χ4n) is 2.83. The summed E-state index contributed by atoms with van der Waals surface area (Å²) in [7, 11) is 0. The molecule has 2 aromatic rings. The molecule has 0 saturated heterocycles. The third kappa shape index (κ3) is 7.56. The molecule has 2 rings (SSSR count). The summed E-state index contributed by atoms with van der Waals surface area (Å²) >= 11 is 6.02. The Hall–Kier alpha value is -2.90. The van der Waals surface area contributed by atoms with Crippen LogP contribution in [0.25, 0.3) is 11.1 Å². The second kappa shape index (κ2) is 10.6. The van der Waals surface area contributed by atoms with E-state index in [0.717, 1.165) is 16.7 Å². The van der Waals surface area contributed by atoms with Crippen LogP contribution in [0.5, 0.6) is 0 Å². The lowest BCUT2D eigenvalue weighted by atomic mass is 9.99. The molecule has 0 heterocycles. The molecule has 0 saturated carbocycles. The summed E-state index contributed by atoms with van der Waals surface area (Å²) < 4.78 is 0. The van der Waals surface area contributed by atoms with Gasteiger partial charge in [0.15, 0.2) is 0 Å². The largest absolute Gasteiger partial charge is 0.481 e. The average Bonchev–Trinajstić information content (AvgIpc) is 2.66. The highest BCUT2D eigenvalue weighted by molar-refractivity contribution is 6.30. The predicted octanol–water partition coefficient (Wildman–Crippen LogP) is 2.57. The van der Waals surface area contributed by atoms with Crippen molar-refractivity contribution in [2.75, 3.05) is 6.54 Å². The highest BCUT2D eigenvalue weighted by Gasteiger charge is 2.20. The molecular weight excluding hydrogens is 396 g/mol. The van der Waals surface area contributed by atoms with Gasteiger partial charge in [0.2, 0.25) is 5.91 Å². The maximum Gasteiger partial charge on any atom is 0.317 e. The van der Waals surface area contributed by atoms with E-state index in [1.54, 1.807) is 6.07 Å². The second-order valence-corrected chi connectivity index (χ2v) is 7.15. The molecule has 0 aliphatic carbocycles. The zero-order valence-electron chi connectivity index (χ0n) is 15.9. The van der Waals surface area contributed by atoms with Crippen molar-refractivity contribution in [1.29, 1.82) is 0 Å². The number of benzene rings is 2. The Morgan fingerprint density at radius 1 is 1.00 bits per heavy atom. The minimum Gasteiger partial charge on any atom is -0.481 e. The standard InChI is InChI=1S/C21H23ClN2O5/c1-13(23-12-20(27)28)21(29)24-18(11-19(25)26)9-14-5-7-15(8-6-14)16-3-2-4-17(22)10-16/h2-8,10,13,18,23H,9,11-12H2,1H3,(H,24,29)(H,25,26)(H,27,28). The van der Waals surface area contributed by atoms with Crippen molar-refractivity contribution in [3.8, 4) is 11.1 Å². The van der Waals surface area contributed by atoms with Crippen LogP contribution in [0.2, 0.25) is 5.02 Å². The topological polar surface area (TPSA) is 116 Å². The quantitative estimate of drug-likeness (QED) is 0.471. The van der Waals surface area contributed by atoms with E-state index in [2.05, 4.69) is 10.6 Å². The van der Waals surface area contributed by atoms with Crippen LogP contribution in [0.4, 0.5) is 0 Å². The lowest BCUT2D eigenvalue weighted by molar-refractivity contribution is -0.138. The van der Waals surface area contributed by atoms with Gasteiger partial charge in [0.1, 0.15) is 0 Å². The average molecular weight is 419 g/mol. The number of carboxylic acid groups (broad SMARTS) is 2. The normalized spacial score (nSPS) is 12.8. The lowest BCUT2D eigenvalue weighted by Crippen LogP contribution is -2.48. The van der Waals surface area contributed by atoms with Crippen molar-refractivity contribution >= 4 is 29.4 Å². The summed E-state index contributed by atoms with van der Waals surface area (Å²) in [6.45, 7) is 1.17. The Morgan fingerprint density at radius 3 is 2.28 bits per heavy atom. The van der Waals surface area contributed by atoms with Crippen LogP contribution in [-0.4, -0.2) is 46.7 Å². The Balaban J connectivity index is 2.04. The predicted molar refractivity (Wildman–Crippen MR) is 110 cm³/mol. The van der Waals surface area contributed by atoms with Gasteiger partial charge in [0.25, 0.3) is 0 Å². The van der Waals surface area contributed by atoms with Crippen LogP contribution < -0.4 is 10.6 Å². The number of rotatable bonds is 10. The van der Waals surface area contributed by atoms with Gasteiger partial charge in [-0.05, 0) is 42.2 Å². The molecule has 7 nitrogen and oxygen atoms in total. The van der Waals surface area contributed by atoms with E-state index in [4.69, 9.17) is 21.8 Å². The van der Waals surface area contributed by atoms with E-state index in [9.17, 15) is 14.4 Å². The summed E-state index contributed by atoms with van der Waals surface area (Å²) in [6, 6.07) is 13.7. The third-order valence-corrected chi connectivity index (χ3v) is 4.55. The fraction of sp³-hybridized carbons (Fsp3) is 0.286. The van der Waals surface area contributed by atoms with Crippen LogP contribution in [0.3, 0.4) is 0 Å². The number of amides is 1. The Kier molecular flexibility index (Phi) is 8.18. The third-order valence-electron chi connectivity index (χ3n) is 4.31. The van der Waals surface area contributed by atoms with Crippen molar-refractivity contribution in [3.63, 3.8) is 0 Å². The molecule has 0 radical (unpaired) electrons. The number of carbonyl (C=O) groups is 3. The van der Waals surface area contributed by atoms with E-state index in [1.807, 2.05) is 42.5 Å². The molecule has 0 aliphatic heterocycles. The monoisotopic (exact) mass is 418 g/mol. The molecule has 4 N–H and O–H groups in total. The minimum absolute atomic E-state index is 0.243. The SMILES string of the molecule is CC(NCC(=O)O)C(=O)NC(CC(=O)O)Cc1ccc(-c2cccc(Cl)c2)cc1. The molecule has 0 spiro atoms. The molecule has 154 valence electrons. The maximum atomic E-state index is 12.2. The molecule has 0 bridgehead atoms. The highest BCUT2D eigenvalue weighted by Crippen LogP contribution is 2.23. The first-order valence-electron chi connectivity index (χ1n) is 9.07. The molecule has 0 fully saturated rings. The van der Waals surface area contributed by atoms with Crippen LogP contribution >= 0.6 is 11.6 Å². The van der Waals surface area contributed by atoms with E-state index >= 15 is 0 Å². The van der Waals surface area contributed by atoms with Crippen molar-refractivity contribution < 1.29 is 24.6 Å². The summed E-state index contributed by atoms with van der Waals surface area (Å²) in [5.41, 5.74) is 2.81. The smallest absolute Gasteiger partial charge is 0.317 e. The number of halogens is 1. The van der Waals surface area contributed by atoms with E-state index in [-0.39, 0.29) is 13.0 Å². The van der Waals surface area contributed by atoms with E-state index in [0.29, 0.717) is 11.4 Å². The lowest BCUT2D eigenvalue weighted by Gasteiger charge is -2.20. The number of carbonyl (C=O) groups excluding carboxylic acids is 1. The van der Waals surface area contributed by atoms with Gasteiger partial charge in [0, 0.05) is 11.1 Å². The number of aliphatic carboxylic acids is 2. The Morgan fingerprint density at radius 2 is 1.69 bits per heavy atom. The highest BCUT2D eigenvalue weighted by atomic mass is 35.5. The first-order valence-corrected chi connectivity index (χ1v) is 9.44. The molecule has 29 heavy (non-hydrogen) atoms. The van der Waals surface area contributed by atoms with Gasteiger partial charge in [-0.25, -0.2) is 0 Å². The van der Waals surface area contributed by atoms with Gasteiger partial charge < -0.3 is 15.5 Å².